The van der Waals surface area contributed by atoms with E-state index in [9.17, 15) is 0 Å². The van der Waals surface area contributed by atoms with E-state index in [0.717, 1.165) is 12.5 Å². The van der Waals surface area contributed by atoms with Crippen LogP contribution in [0.2, 0.25) is 0 Å². The second kappa shape index (κ2) is 6.44. The highest BCUT2D eigenvalue weighted by Gasteiger charge is 2.15. The summed E-state index contributed by atoms with van der Waals surface area (Å²) in [4.78, 5) is 0. The van der Waals surface area contributed by atoms with Crippen molar-refractivity contribution in [3.05, 3.63) is 0 Å². The van der Waals surface area contributed by atoms with Crippen LogP contribution in [0.15, 0.2) is 0 Å². The first kappa shape index (κ1) is 10.0. The van der Waals surface area contributed by atoms with Crippen molar-refractivity contribution in [1.29, 1.82) is 0 Å². The highest BCUT2D eigenvalue weighted by atomic mass is 14.9. The van der Waals surface area contributed by atoms with Gasteiger partial charge < -0.3 is 10.6 Å². The fraction of sp³-hybridized carbons (Fsp3) is 1.00. The van der Waals surface area contributed by atoms with Crippen molar-refractivity contribution in [2.75, 3.05) is 26.7 Å². The fourth-order valence-corrected chi connectivity index (χ4v) is 1.55. The van der Waals surface area contributed by atoms with E-state index in [-0.39, 0.29) is 0 Å². The molecule has 1 rings (SSSR count). The lowest BCUT2D eigenvalue weighted by molar-refractivity contribution is 0.301. The van der Waals surface area contributed by atoms with Crippen molar-refractivity contribution in [1.82, 2.24) is 10.6 Å². The molecule has 0 aliphatic heterocycles. The molecule has 2 heteroatoms. The summed E-state index contributed by atoms with van der Waals surface area (Å²) in [6, 6.07) is 0. The Morgan fingerprint density at radius 3 is 2.50 bits per heavy atom. The first-order valence-electron chi connectivity index (χ1n) is 5.29. The van der Waals surface area contributed by atoms with E-state index in [2.05, 4.69) is 10.6 Å². The van der Waals surface area contributed by atoms with Crippen molar-refractivity contribution in [3.8, 4) is 0 Å². The normalized spacial score (nSPS) is 17.8. The molecule has 0 radical (unpaired) electrons. The number of nitrogens with one attached hydrogen (secondary N) is 2. The quantitative estimate of drug-likeness (QED) is 0.564. The molecule has 0 amide bonds. The topological polar surface area (TPSA) is 24.1 Å². The van der Waals surface area contributed by atoms with E-state index in [4.69, 9.17) is 0 Å². The summed E-state index contributed by atoms with van der Waals surface area (Å²) < 4.78 is 0. The largest absolute Gasteiger partial charge is 0.320 e. The minimum Gasteiger partial charge on any atom is -0.320 e. The van der Waals surface area contributed by atoms with Crippen molar-refractivity contribution in [2.24, 2.45) is 5.92 Å². The van der Waals surface area contributed by atoms with Gasteiger partial charge in [-0.2, -0.15) is 0 Å². The van der Waals surface area contributed by atoms with Crippen LogP contribution < -0.4 is 10.6 Å². The van der Waals surface area contributed by atoms with Crippen LogP contribution in [0.4, 0.5) is 0 Å². The molecule has 0 saturated heterocycles. The van der Waals surface area contributed by atoms with Gasteiger partial charge in [0.2, 0.25) is 0 Å². The second-order valence-electron chi connectivity index (χ2n) is 3.81. The summed E-state index contributed by atoms with van der Waals surface area (Å²) >= 11 is 0. The maximum absolute atomic E-state index is 3.52. The van der Waals surface area contributed by atoms with Crippen molar-refractivity contribution in [3.63, 3.8) is 0 Å². The average Bonchev–Trinajstić information content (AvgIpc) is 2.00. The van der Waals surface area contributed by atoms with Crippen LogP contribution in [0.5, 0.6) is 0 Å². The van der Waals surface area contributed by atoms with Gasteiger partial charge in [0.25, 0.3) is 0 Å². The third-order valence-electron chi connectivity index (χ3n) is 2.69. The van der Waals surface area contributed by atoms with Crippen molar-refractivity contribution in [2.45, 2.75) is 32.1 Å². The van der Waals surface area contributed by atoms with Crippen LogP contribution in [-0.2, 0) is 0 Å². The van der Waals surface area contributed by atoms with Gasteiger partial charge in [0.15, 0.2) is 0 Å². The van der Waals surface area contributed by atoms with Crippen LogP contribution in [0, 0.1) is 5.92 Å². The molecule has 0 heterocycles. The van der Waals surface area contributed by atoms with E-state index < -0.39 is 0 Å². The summed E-state index contributed by atoms with van der Waals surface area (Å²) in [5, 5.41) is 6.68. The van der Waals surface area contributed by atoms with Gasteiger partial charge in [-0.3, -0.25) is 0 Å². The van der Waals surface area contributed by atoms with Crippen molar-refractivity contribution >= 4 is 0 Å². The first-order chi connectivity index (χ1) is 5.93. The molecule has 0 bridgehead atoms. The van der Waals surface area contributed by atoms with Crippen LogP contribution in [0.25, 0.3) is 0 Å². The van der Waals surface area contributed by atoms with Gasteiger partial charge in [-0.05, 0) is 58.3 Å². The van der Waals surface area contributed by atoms with Crippen LogP contribution in [0.3, 0.4) is 0 Å². The summed E-state index contributed by atoms with van der Waals surface area (Å²) in [5.41, 5.74) is 0. The predicted octanol–water partition coefficient (Wildman–Crippen LogP) is 1.38. The van der Waals surface area contributed by atoms with Crippen LogP contribution >= 0.6 is 0 Å². The summed E-state index contributed by atoms with van der Waals surface area (Å²) in [6.07, 6.45) is 7.00. The third-order valence-corrected chi connectivity index (χ3v) is 2.69. The highest BCUT2D eigenvalue weighted by molar-refractivity contribution is 4.71. The predicted molar refractivity (Wildman–Crippen MR) is 53.4 cm³/mol. The molecule has 1 saturated carbocycles. The Hall–Kier alpha value is -0.0800. The Morgan fingerprint density at radius 2 is 1.92 bits per heavy atom. The van der Waals surface area contributed by atoms with Gasteiger partial charge in [-0.25, -0.2) is 0 Å². The molecule has 72 valence electrons. The Balaban J connectivity index is 1.70. The molecular weight excluding hydrogens is 148 g/mol. The Morgan fingerprint density at radius 1 is 1.17 bits per heavy atom. The van der Waals surface area contributed by atoms with Crippen molar-refractivity contribution < 1.29 is 0 Å². The number of unbranched alkanes of at least 4 members (excludes halogenated alkanes) is 1. The van der Waals surface area contributed by atoms with E-state index in [1.165, 1.54) is 45.2 Å². The fourth-order valence-electron chi connectivity index (χ4n) is 1.55. The molecule has 1 aliphatic carbocycles. The molecule has 0 spiro atoms. The second-order valence-corrected chi connectivity index (χ2v) is 3.81. The Kier molecular flexibility index (Phi) is 5.37. The van der Waals surface area contributed by atoms with E-state index in [1.54, 1.807) is 0 Å². The molecule has 0 unspecified atom stereocenters. The van der Waals surface area contributed by atoms with Crippen LogP contribution in [-0.4, -0.2) is 26.7 Å². The standard InChI is InChI=1S/C10H22N2/c1-11-7-2-3-8-12-9-10-5-4-6-10/h10-12H,2-9H2,1H3. The Bertz CT molecular complexity index is 100. The summed E-state index contributed by atoms with van der Waals surface area (Å²) in [6.45, 7) is 3.63. The van der Waals surface area contributed by atoms with Gasteiger partial charge in [-0.15, -0.1) is 0 Å². The first-order valence-corrected chi connectivity index (χ1v) is 5.29. The summed E-state index contributed by atoms with van der Waals surface area (Å²) in [5.74, 6) is 1.01. The molecule has 1 fully saturated rings. The van der Waals surface area contributed by atoms with E-state index >= 15 is 0 Å². The molecule has 0 atom stereocenters. The Labute approximate surface area is 76.1 Å². The van der Waals surface area contributed by atoms with Gasteiger partial charge >= 0.3 is 0 Å². The van der Waals surface area contributed by atoms with Gasteiger partial charge in [0.1, 0.15) is 0 Å². The molecule has 2 nitrogen and oxygen atoms in total. The molecule has 2 N–H and O–H groups in total. The molecule has 0 aromatic rings. The lowest BCUT2D eigenvalue weighted by atomic mass is 9.85. The monoisotopic (exact) mass is 170 g/mol. The maximum atomic E-state index is 3.52. The number of hydrogen-bond donors (Lipinski definition) is 2. The SMILES string of the molecule is CNCCCCNCC1CCC1. The minimum absolute atomic E-state index is 1.01. The third kappa shape index (κ3) is 4.07. The molecule has 0 aromatic heterocycles. The maximum Gasteiger partial charge on any atom is -0.00205 e. The zero-order valence-electron chi connectivity index (χ0n) is 8.23. The van der Waals surface area contributed by atoms with Gasteiger partial charge in [-0.1, -0.05) is 6.42 Å². The molecule has 0 aromatic carbocycles. The average molecular weight is 170 g/mol. The minimum atomic E-state index is 1.01. The molecule has 12 heavy (non-hydrogen) atoms. The lowest BCUT2D eigenvalue weighted by Crippen LogP contribution is -2.28. The smallest absolute Gasteiger partial charge is 0.00205 e. The van der Waals surface area contributed by atoms with E-state index in [0.29, 0.717) is 0 Å². The van der Waals surface area contributed by atoms with Crippen LogP contribution in [0.1, 0.15) is 32.1 Å². The number of rotatable bonds is 7. The summed E-state index contributed by atoms with van der Waals surface area (Å²) in [7, 11) is 2.02. The zero-order valence-corrected chi connectivity index (χ0v) is 8.23. The lowest BCUT2D eigenvalue weighted by Gasteiger charge is -2.25. The highest BCUT2D eigenvalue weighted by Crippen LogP contribution is 2.24. The zero-order chi connectivity index (χ0) is 8.65. The molecule has 1 aliphatic rings. The molecular formula is C10H22N2. The van der Waals surface area contributed by atoms with Gasteiger partial charge in [0.05, 0.1) is 0 Å². The van der Waals surface area contributed by atoms with E-state index in [1.807, 2.05) is 7.05 Å². The van der Waals surface area contributed by atoms with Gasteiger partial charge in [0, 0.05) is 0 Å². The number of hydrogen-bond acceptors (Lipinski definition) is 2.